The fourth-order valence-electron chi connectivity index (χ4n) is 7.29. The summed E-state index contributed by atoms with van der Waals surface area (Å²) in [6, 6.07) is 29.0. The lowest BCUT2D eigenvalue weighted by molar-refractivity contribution is -0.338. The van der Waals surface area contributed by atoms with Gasteiger partial charge in [0.2, 0.25) is 5.79 Å². The maximum absolute atomic E-state index is 12.9. The van der Waals surface area contributed by atoms with Gasteiger partial charge in [-0.15, -0.1) is 0 Å². The maximum atomic E-state index is 12.9. The van der Waals surface area contributed by atoms with Crippen molar-refractivity contribution in [3.05, 3.63) is 90.5 Å². The summed E-state index contributed by atoms with van der Waals surface area (Å²) in [5, 5.41) is 2.11. The molecule has 2 aliphatic rings. The van der Waals surface area contributed by atoms with E-state index in [0.29, 0.717) is 19.6 Å². The molecule has 2 heterocycles. The molecule has 0 saturated carbocycles. The zero-order chi connectivity index (χ0) is 36.2. The minimum absolute atomic E-state index is 0.0511. The summed E-state index contributed by atoms with van der Waals surface area (Å²) in [6.07, 6.45) is -0.685. The van der Waals surface area contributed by atoms with Crippen LogP contribution >= 0.6 is 0 Å². The highest BCUT2D eigenvalue weighted by atomic mass is 28.4. The van der Waals surface area contributed by atoms with Crippen LogP contribution in [0, 0.1) is 11.3 Å². The number of rotatable bonds is 12. The van der Waals surface area contributed by atoms with E-state index in [-0.39, 0.29) is 23.5 Å². The molecule has 3 aromatic carbocycles. The molecule has 8 nitrogen and oxygen atoms in total. The van der Waals surface area contributed by atoms with E-state index in [2.05, 4.69) is 76.2 Å². The Kier molecular flexibility index (Phi) is 12.0. The minimum atomic E-state index is -3.01. The largest absolute Gasteiger partial charge is 0.497 e. The Bertz CT molecular complexity index is 1480. The van der Waals surface area contributed by atoms with Gasteiger partial charge in [-0.05, 0) is 66.2 Å². The van der Waals surface area contributed by atoms with Gasteiger partial charge in [0, 0.05) is 13.5 Å². The van der Waals surface area contributed by atoms with Crippen molar-refractivity contribution in [2.24, 2.45) is 11.3 Å². The van der Waals surface area contributed by atoms with Crippen LogP contribution in [-0.4, -0.2) is 71.9 Å². The third-order valence-electron chi connectivity index (χ3n) is 10.1. The molecule has 5 rings (SSSR count). The first-order chi connectivity index (χ1) is 23.7. The molecule has 1 unspecified atom stereocenters. The molecule has 2 fully saturated rings. The van der Waals surface area contributed by atoms with Gasteiger partial charge in [0.05, 0.1) is 31.8 Å². The summed E-state index contributed by atoms with van der Waals surface area (Å²) in [7, 11) is 0.319. The van der Waals surface area contributed by atoms with Crippen molar-refractivity contribution < 1.29 is 37.6 Å². The maximum Gasteiger partial charge on any atom is 0.311 e. The van der Waals surface area contributed by atoms with E-state index in [0.717, 1.165) is 17.7 Å². The van der Waals surface area contributed by atoms with Crippen molar-refractivity contribution in [2.45, 2.75) is 103 Å². The molecule has 50 heavy (non-hydrogen) atoms. The van der Waals surface area contributed by atoms with Crippen LogP contribution in [0.25, 0.3) is 0 Å². The van der Waals surface area contributed by atoms with E-state index in [9.17, 15) is 4.79 Å². The summed E-state index contributed by atoms with van der Waals surface area (Å²) < 4.78 is 45.6. The van der Waals surface area contributed by atoms with Crippen LogP contribution in [0.2, 0.25) is 5.04 Å². The van der Waals surface area contributed by atoms with Gasteiger partial charge in [-0.1, -0.05) is 100 Å². The summed E-state index contributed by atoms with van der Waals surface area (Å²) in [5.41, 5.74) is 0.346. The Morgan fingerprint density at radius 1 is 0.880 bits per heavy atom. The van der Waals surface area contributed by atoms with Crippen molar-refractivity contribution >= 4 is 24.7 Å². The van der Waals surface area contributed by atoms with E-state index in [1.165, 1.54) is 10.4 Å². The second kappa shape index (κ2) is 15.7. The fraction of sp³-hybridized carbons (Fsp3) is 0.537. The van der Waals surface area contributed by atoms with Crippen LogP contribution in [0.1, 0.15) is 66.9 Å². The lowest BCUT2D eigenvalue weighted by Gasteiger charge is -2.53. The SMILES string of the molecule is COc1ccc(CO[C@@H]2CC([C@@]3(OC)OCC[C@@H](C)[C@H]3O[Si](c3ccccc3)(c3ccccc3)C(C)(C)C)O[C@@H]2COC(=O)C(C)(C)C)cc1. The molecule has 0 bridgehead atoms. The van der Waals surface area contributed by atoms with Crippen LogP contribution in [0.4, 0.5) is 0 Å². The van der Waals surface area contributed by atoms with Crippen LogP contribution in [-0.2, 0) is 39.5 Å². The highest BCUT2D eigenvalue weighted by molar-refractivity contribution is 6.99. The molecular weight excluding hydrogens is 649 g/mol. The van der Waals surface area contributed by atoms with Gasteiger partial charge in [-0.3, -0.25) is 4.79 Å². The standard InChI is InChI=1S/C41H56O8Si/c1-29-24-25-47-41(44-9,37(29)49-50(40(5,6)7,32-16-12-10-13-17-32)33-18-14-11-15-19-33)36-26-34(35(48-36)28-46-38(42)39(2,3)4)45-27-30-20-22-31(43-8)23-21-30/h10-23,29,34-37H,24-28H2,1-9H3/t29-,34-,35-,36?,37-,41-/m1/s1. The van der Waals surface area contributed by atoms with Gasteiger partial charge in [0.1, 0.15) is 30.7 Å². The third kappa shape index (κ3) is 7.88. The molecule has 0 spiro atoms. The van der Waals surface area contributed by atoms with Gasteiger partial charge < -0.3 is 32.8 Å². The number of methoxy groups -OCH3 is 2. The molecule has 0 amide bonds. The summed E-state index contributed by atoms with van der Waals surface area (Å²) in [5.74, 6) is -0.668. The first kappa shape index (κ1) is 38.2. The summed E-state index contributed by atoms with van der Waals surface area (Å²) in [4.78, 5) is 12.9. The minimum Gasteiger partial charge on any atom is -0.497 e. The van der Waals surface area contributed by atoms with Crippen LogP contribution < -0.4 is 15.1 Å². The highest BCUT2D eigenvalue weighted by Gasteiger charge is 2.62. The Balaban J connectivity index is 1.52. The van der Waals surface area contributed by atoms with Gasteiger partial charge in [-0.25, -0.2) is 0 Å². The van der Waals surface area contributed by atoms with E-state index in [4.69, 9.17) is 32.8 Å². The second-order valence-corrected chi connectivity index (χ2v) is 19.9. The van der Waals surface area contributed by atoms with Crippen LogP contribution in [0.3, 0.4) is 0 Å². The topological polar surface area (TPSA) is 81.7 Å². The predicted molar refractivity (Wildman–Crippen MR) is 197 cm³/mol. The quantitative estimate of drug-likeness (QED) is 0.153. The summed E-state index contributed by atoms with van der Waals surface area (Å²) in [6.45, 7) is 15.5. The number of benzene rings is 3. The van der Waals surface area contributed by atoms with Crippen LogP contribution in [0.15, 0.2) is 84.9 Å². The molecule has 2 aliphatic heterocycles. The molecule has 0 N–H and O–H groups in total. The van der Waals surface area contributed by atoms with Gasteiger partial charge in [0.15, 0.2) is 0 Å². The average molecular weight is 705 g/mol. The monoisotopic (exact) mass is 704 g/mol. The van der Waals surface area contributed by atoms with E-state index in [1.54, 1.807) is 14.2 Å². The molecule has 2 saturated heterocycles. The van der Waals surface area contributed by atoms with Gasteiger partial charge in [0.25, 0.3) is 8.32 Å². The first-order valence-corrected chi connectivity index (χ1v) is 19.7. The van der Waals surface area contributed by atoms with Crippen molar-refractivity contribution in [2.75, 3.05) is 27.4 Å². The Labute approximate surface area is 299 Å². The fourth-order valence-corrected chi connectivity index (χ4v) is 12.1. The molecule has 6 atom stereocenters. The zero-order valence-corrected chi connectivity index (χ0v) is 32.3. The molecule has 0 radical (unpaired) electrons. The lowest BCUT2D eigenvalue weighted by atomic mass is 9.87. The highest BCUT2D eigenvalue weighted by Crippen LogP contribution is 2.46. The molecule has 0 aromatic heterocycles. The second-order valence-electron chi connectivity index (χ2n) is 15.7. The smallest absolute Gasteiger partial charge is 0.311 e. The number of carbonyl (C=O) groups is 1. The molecule has 9 heteroatoms. The third-order valence-corrected chi connectivity index (χ3v) is 15.1. The number of esters is 1. The normalized spacial score (nSPS) is 26.1. The van der Waals surface area contributed by atoms with Crippen LogP contribution in [0.5, 0.6) is 5.75 Å². The van der Waals surface area contributed by atoms with E-state index >= 15 is 0 Å². The van der Waals surface area contributed by atoms with Crippen molar-refractivity contribution in [3.8, 4) is 5.75 Å². The van der Waals surface area contributed by atoms with Crippen molar-refractivity contribution in [1.82, 2.24) is 0 Å². The van der Waals surface area contributed by atoms with Gasteiger partial charge in [-0.2, -0.15) is 0 Å². The zero-order valence-electron chi connectivity index (χ0n) is 31.3. The van der Waals surface area contributed by atoms with Gasteiger partial charge >= 0.3 is 5.97 Å². The Morgan fingerprint density at radius 3 is 2.00 bits per heavy atom. The predicted octanol–water partition coefficient (Wildman–Crippen LogP) is 6.67. The Hall–Kier alpha value is -3.05. The summed E-state index contributed by atoms with van der Waals surface area (Å²) >= 11 is 0. The molecule has 0 aliphatic carbocycles. The molecule has 3 aromatic rings. The number of hydrogen-bond donors (Lipinski definition) is 0. The molecular formula is C41H56O8Si. The number of ether oxygens (including phenoxy) is 6. The van der Waals surface area contributed by atoms with E-state index in [1.807, 2.05) is 57.2 Å². The average Bonchev–Trinajstić information content (AvgIpc) is 3.52. The van der Waals surface area contributed by atoms with Crippen molar-refractivity contribution in [3.63, 3.8) is 0 Å². The Morgan fingerprint density at radius 2 is 1.48 bits per heavy atom. The first-order valence-electron chi connectivity index (χ1n) is 17.8. The lowest BCUT2D eigenvalue weighted by Crippen LogP contribution is -2.72. The van der Waals surface area contributed by atoms with Crippen molar-refractivity contribution in [1.29, 1.82) is 0 Å². The van der Waals surface area contributed by atoms with E-state index < -0.39 is 43.9 Å². The number of hydrogen-bond acceptors (Lipinski definition) is 8. The molecule has 272 valence electrons. The number of carbonyl (C=O) groups excluding carboxylic acids is 1.